The van der Waals surface area contributed by atoms with Gasteiger partial charge in [0.15, 0.2) is 5.75 Å². The van der Waals surface area contributed by atoms with Crippen molar-refractivity contribution in [2.24, 2.45) is 5.10 Å². The number of rotatable bonds is 7. The normalized spacial score (nSPS) is 10.6. The predicted octanol–water partition coefficient (Wildman–Crippen LogP) is 3.20. The number of hydrogen-bond acceptors (Lipinski definition) is 4. The van der Waals surface area contributed by atoms with Gasteiger partial charge in [0.2, 0.25) is 0 Å². The lowest BCUT2D eigenvalue weighted by Crippen LogP contribution is -2.38. The summed E-state index contributed by atoms with van der Waals surface area (Å²) < 4.78 is 5.33. The Labute approximate surface area is 167 Å². The zero-order valence-corrected chi connectivity index (χ0v) is 16.2. The average molecular weight is 408 g/mol. The maximum absolute atomic E-state index is 11.7. The number of halogens is 2. The van der Waals surface area contributed by atoms with Crippen LogP contribution in [0.2, 0.25) is 10.0 Å². The van der Waals surface area contributed by atoms with E-state index in [1.54, 1.807) is 12.1 Å². The monoisotopic (exact) mass is 407 g/mol. The minimum Gasteiger partial charge on any atom is -0.491 e. The highest BCUT2D eigenvalue weighted by Gasteiger charge is 2.12. The first-order valence-electron chi connectivity index (χ1n) is 8.28. The first-order chi connectivity index (χ1) is 13.0. The third-order valence-corrected chi connectivity index (χ3v) is 4.00. The number of nitrogens with one attached hydrogen (secondary N) is 2. The molecular formula is C19H19Cl2N3O3. The predicted molar refractivity (Wildman–Crippen MR) is 107 cm³/mol. The van der Waals surface area contributed by atoms with Gasteiger partial charge >= 0.3 is 11.8 Å². The van der Waals surface area contributed by atoms with Gasteiger partial charge in [0, 0.05) is 6.54 Å². The second-order valence-corrected chi connectivity index (χ2v) is 6.25. The smallest absolute Gasteiger partial charge is 0.329 e. The number of benzene rings is 2. The highest BCUT2D eigenvalue weighted by molar-refractivity contribution is 6.37. The molecule has 2 aromatic rings. The van der Waals surface area contributed by atoms with Gasteiger partial charge in [-0.05, 0) is 36.6 Å². The zero-order valence-electron chi connectivity index (χ0n) is 14.7. The van der Waals surface area contributed by atoms with Crippen LogP contribution in [0.15, 0.2) is 47.6 Å². The van der Waals surface area contributed by atoms with Crippen molar-refractivity contribution in [1.82, 2.24) is 10.7 Å². The van der Waals surface area contributed by atoms with Gasteiger partial charge in [-0.25, -0.2) is 5.43 Å². The fourth-order valence-corrected chi connectivity index (χ4v) is 2.81. The van der Waals surface area contributed by atoms with E-state index in [1.807, 2.05) is 37.3 Å². The van der Waals surface area contributed by atoms with E-state index >= 15 is 0 Å². The van der Waals surface area contributed by atoms with Crippen LogP contribution in [0.1, 0.15) is 18.1 Å². The summed E-state index contributed by atoms with van der Waals surface area (Å²) in [6, 6.07) is 12.8. The largest absolute Gasteiger partial charge is 0.491 e. The van der Waals surface area contributed by atoms with Crippen LogP contribution in [-0.2, 0) is 16.0 Å². The first-order valence-corrected chi connectivity index (χ1v) is 9.04. The number of carbonyl (C=O) groups is 2. The fourth-order valence-electron chi connectivity index (χ4n) is 2.20. The Bertz CT molecular complexity index is 803. The lowest BCUT2D eigenvalue weighted by Gasteiger charge is -2.08. The molecule has 2 amide bonds. The van der Waals surface area contributed by atoms with Gasteiger partial charge in [0.05, 0.1) is 22.9 Å². The van der Waals surface area contributed by atoms with E-state index < -0.39 is 11.8 Å². The molecule has 2 rings (SSSR count). The summed E-state index contributed by atoms with van der Waals surface area (Å²) in [4.78, 5) is 23.5. The van der Waals surface area contributed by atoms with Crippen molar-refractivity contribution in [3.63, 3.8) is 0 Å². The fraction of sp³-hybridized carbons (Fsp3) is 0.211. The summed E-state index contributed by atoms with van der Waals surface area (Å²) in [7, 11) is 0. The SMILES string of the molecule is CCOc1c(Cl)cc(/C=N\NC(=O)C(=O)NCCc2ccccc2)cc1Cl. The van der Waals surface area contributed by atoms with E-state index in [0.29, 0.717) is 40.9 Å². The van der Waals surface area contributed by atoms with Crippen LogP contribution in [0.5, 0.6) is 5.75 Å². The minimum atomic E-state index is -0.859. The molecule has 0 unspecified atom stereocenters. The third kappa shape index (κ3) is 6.58. The van der Waals surface area contributed by atoms with E-state index in [4.69, 9.17) is 27.9 Å². The standard InChI is InChI=1S/C19H19Cl2N3O3/c1-2-27-17-15(20)10-14(11-16(17)21)12-23-24-19(26)18(25)22-9-8-13-6-4-3-5-7-13/h3-7,10-12H,2,8-9H2,1H3,(H,22,25)(H,24,26)/b23-12-. The van der Waals surface area contributed by atoms with Gasteiger partial charge in [-0.1, -0.05) is 53.5 Å². The molecule has 0 fully saturated rings. The molecule has 8 heteroatoms. The number of amides is 2. The molecule has 0 aliphatic heterocycles. The number of hydrazone groups is 1. The number of nitrogens with zero attached hydrogens (tertiary/aromatic N) is 1. The van der Waals surface area contributed by atoms with Gasteiger partial charge in [-0.15, -0.1) is 0 Å². The highest BCUT2D eigenvalue weighted by Crippen LogP contribution is 2.33. The summed E-state index contributed by atoms with van der Waals surface area (Å²) in [5.41, 5.74) is 3.78. The zero-order chi connectivity index (χ0) is 19.6. The van der Waals surface area contributed by atoms with Crippen molar-refractivity contribution >= 4 is 41.2 Å². The van der Waals surface area contributed by atoms with E-state index in [-0.39, 0.29) is 0 Å². The summed E-state index contributed by atoms with van der Waals surface area (Å²) >= 11 is 12.2. The van der Waals surface area contributed by atoms with Crippen LogP contribution in [0.25, 0.3) is 0 Å². The molecule has 0 spiro atoms. The van der Waals surface area contributed by atoms with Crippen molar-refractivity contribution < 1.29 is 14.3 Å². The average Bonchev–Trinajstić information content (AvgIpc) is 2.65. The van der Waals surface area contributed by atoms with Crippen molar-refractivity contribution in [3.8, 4) is 5.75 Å². The quantitative estimate of drug-likeness (QED) is 0.420. The Kier molecular flexibility index (Phi) is 8.10. The van der Waals surface area contributed by atoms with Crippen LogP contribution in [0.4, 0.5) is 0 Å². The van der Waals surface area contributed by atoms with Crippen LogP contribution < -0.4 is 15.5 Å². The third-order valence-electron chi connectivity index (χ3n) is 3.44. The second kappa shape index (κ2) is 10.5. The molecule has 2 N–H and O–H groups in total. The van der Waals surface area contributed by atoms with Crippen molar-refractivity contribution in [1.29, 1.82) is 0 Å². The van der Waals surface area contributed by atoms with Crippen LogP contribution in [0.3, 0.4) is 0 Å². The van der Waals surface area contributed by atoms with Crippen LogP contribution >= 0.6 is 23.2 Å². The van der Waals surface area contributed by atoms with Crippen molar-refractivity contribution in [3.05, 3.63) is 63.6 Å². The molecule has 142 valence electrons. The Morgan fingerprint density at radius 3 is 2.41 bits per heavy atom. The maximum Gasteiger partial charge on any atom is 0.329 e. The number of hydrogen-bond donors (Lipinski definition) is 2. The number of carbonyl (C=O) groups excluding carboxylic acids is 2. The Hall–Kier alpha value is -2.57. The molecule has 0 radical (unpaired) electrons. The highest BCUT2D eigenvalue weighted by atomic mass is 35.5. The van der Waals surface area contributed by atoms with Gasteiger partial charge in [0.1, 0.15) is 0 Å². The maximum atomic E-state index is 11.7. The van der Waals surface area contributed by atoms with Crippen LogP contribution in [-0.4, -0.2) is 31.2 Å². The summed E-state index contributed by atoms with van der Waals surface area (Å²) in [5, 5.41) is 6.94. The lowest BCUT2D eigenvalue weighted by molar-refractivity contribution is -0.139. The lowest BCUT2D eigenvalue weighted by atomic mass is 10.1. The molecule has 6 nitrogen and oxygen atoms in total. The molecule has 2 aromatic carbocycles. The topological polar surface area (TPSA) is 79.8 Å². The Balaban J connectivity index is 1.82. The molecule has 0 aliphatic rings. The molecule has 0 aliphatic carbocycles. The molecule has 0 atom stereocenters. The van der Waals surface area contributed by atoms with Crippen LogP contribution in [0, 0.1) is 0 Å². The van der Waals surface area contributed by atoms with Gasteiger partial charge < -0.3 is 10.1 Å². The molecular weight excluding hydrogens is 389 g/mol. The molecule has 0 heterocycles. The van der Waals surface area contributed by atoms with Gasteiger partial charge in [-0.3, -0.25) is 9.59 Å². The summed E-state index contributed by atoms with van der Waals surface area (Å²) in [6.45, 7) is 2.61. The second-order valence-electron chi connectivity index (χ2n) is 5.44. The Morgan fingerprint density at radius 2 is 1.78 bits per heavy atom. The van der Waals surface area contributed by atoms with Gasteiger partial charge in [0.25, 0.3) is 0 Å². The summed E-state index contributed by atoms with van der Waals surface area (Å²) in [5.74, 6) is -1.23. The minimum absolute atomic E-state index is 0.329. The molecule has 27 heavy (non-hydrogen) atoms. The van der Waals surface area contributed by atoms with E-state index in [0.717, 1.165) is 5.56 Å². The van der Waals surface area contributed by atoms with Crippen molar-refractivity contribution in [2.45, 2.75) is 13.3 Å². The molecule has 0 saturated heterocycles. The number of ether oxygens (including phenoxy) is 1. The van der Waals surface area contributed by atoms with E-state index in [1.165, 1.54) is 6.21 Å². The van der Waals surface area contributed by atoms with Gasteiger partial charge in [-0.2, -0.15) is 5.10 Å². The van der Waals surface area contributed by atoms with Crippen molar-refractivity contribution in [2.75, 3.05) is 13.2 Å². The molecule has 0 bridgehead atoms. The first kappa shape index (κ1) is 20.7. The van der Waals surface area contributed by atoms with E-state index in [2.05, 4.69) is 15.8 Å². The van der Waals surface area contributed by atoms with E-state index in [9.17, 15) is 9.59 Å². The molecule has 0 aromatic heterocycles. The molecule has 0 saturated carbocycles. The Morgan fingerprint density at radius 1 is 1.11 bits per heavy atom. The summed E-state index contributed by atoms with van der Waals surface area (Å²) in [6.07, 6.45) is 1.97.